The smallest absolute Gasteiger partial charge is 0.231 e. The fourth-order valence-corrected chi connectivity index (χ4v) is 1.69. The van der Waals surface area contributed by atoms with Crippen LogP contribution in [-0.2, 0) is 6.42 Å². The number of benzene rings is 1. The summed E-state index contributed by atoms with van der Waals surface area (Å²) in [6, 6.07) is 8.16. The van der Waals surface area contributed by atoms with Gasteiger partial charge in [-0.2, -0.15) is 5.26 Å². The van der Waals surface area contributed by atoms with E-state index in [9.17, 15) is 0 Å². The Morgan fingerprint density at radius 2 is 2.18 bits per heavy atom. The van der Waals surface area contributed by atoms with E-state index in [4.69, 9.17) is 14.7 Å². The fraction of sp³-hybridized carbons (Fsp3) is 0.462. The van der Waals surface area contributed by atoms with Crippen LogP contribution in [0.2, 0.25) is 0 Å². The van der Waals surface area contributed by atoms with Crippen LogP contribution in [0.3, 0.4) is 0 Å². The Bertz CT molecular complexity index is 440. The summed E-state index contributed by atoms with van der Waals surface area (Å²) in [4.78, 5) is 2.03. The number of rotatable bonds is 4. The summed E-state index contributed by atoms with van der Waals surface area (Å²) in [5.41, 5.74) is 1.20. The molecule has 0 bridgehead atoms. The number of hydrogen-bond donors (Lipinski definition) is 0. The lowest BCUT2D eigenvalue weighted by molar-refractivity contribution is 0.174. The molecule has 0 spiro atoms. The van der Waals surface area contributed by atoms with Crippen molar-refractivity contribution in [2.24, 2.45) is 0 Å². The second-order valence-corrected chi connectivity index (χ2v) is 4.22. The Hall–Kier alpha value is -1.73. The van der Waals surface area contributed by atoms with Crippen molar-refractivity contribution in [2.45, 2.75) is 19.4 Å². The van der Waals surface area contributed by atoms with Crippen LogP contribution in [0.4, 0.5) is 0 Å². The maximum absolute atomic E-state index is 8.80. The van der Waals surface area contributed by atoms with Crippen molar-refractivity contribution < 1.29 is 9.47 Å². The van der Waals surface area contributed by atoms with E-state index in [1.165, 1.54) is 5.56 Å². The van der Waals surface area contributed by atoms with Crippen LogP contribution >= 0.6 is 0 Å². The highest BCUT2D eigenvalue weighted by molar-refractivity contribution is 5.44. The minimum atomic E-state index is -0.0518. The second-order valence-electron chi connectivity index (χ2n) is 4.22. The largest absolute Gasteiger partial charge is 0.454 e. The Morgan fingerprint density at radius 3 is 2.94 bits per heavy atom. The molecular formula is C13H16N2O2. The van der Waals surface area contributed by atoms with Gasteiger partial charge in [-0.15, -0.1) is 0 Å². The maximum atomic E-state index is 8.80. The molecule has 90 valence electrons. The van der Waals surface area contributed by atoms with E-state index in [2.05, 4.69) is 6.07 Å². The molecule has 1 aromatic rings. The molecule has 1 atom stereocenters. The number of fused-ring (bicyclic) bond motifs is 1. The zero-order chi connectivity index (χ0) is 12.3. The Morgan fingerprint density at radius 1 is 1.41 bits per heavy atom. The first-order valence-corrected chi connectivity index (χ1v) is 5.69. The number of ether oxygens (including phenoxy) is 2. The highest BCUT2D eigenvalue weighted by Crippen LogP contribution is 2.32. The second kappa shape index (κ2) is 5.07. The maximum Gasteiger partial charge on any atom is 0.231 e. The highest BCUT2D eigenvalue weighted by atomic mass is 16.7. The van der Waals surface area contributed by atoms with E-state index in [1.807, 2.05) is 37.1 Å². The molecule has 0 aromatic heterocycles. The van der Waals surface area contributed by atoms with Crippen LogP contribution < -0.4 is 9.47 Å². The minimum Gasteiger partial charge on any atom is -0.454 e. The first-order valence-electron chi connectivity index (χ1n) is 5.69. The summed E-state index contributed by atoms with van der Waals surface area (Å²) >= 11 is 0. The molecular weight excluding hydrogens is 216 g/mol. The highest BCUT2D eigenvalue weighted by Gasteiger charge is 2.13. The third-order valence-corrected chi connectivity index (χ3v) is 3.04. The van der Waals surface area contributed by atoms with Crippen LogP contribution in [0.15, 0.2) is 18.2 Å². The Labute approximate surface area is 101 Å². The van der Waals surface area contributed by atoms with Gasteiger partial charge in [-0.3, -0.25) is 4.90 Å². The third-order valence-electron chi connectivity index (χ3n) is 3.04. The van der Waals surface area contributed by atoms with Crippen LogP contribution in [-0.4, -0.2) is 31.3 Å². The van der Waals surface area contributed by atoms with Crippen molar-refractivity contribution in [1.82, 2.24) is 4.90 Å². The first-order chi connectivity index (χ1) is 8.20. The van der Waals surface area contributed by atoms with Gasteiger partial charge in [0.05, 0.1) is 12.1 Å². The zero-order valence-electron chi connectivity index (χ0n) is 10.1. The standard InChI is InChI=1S/C13H16N2O2/c1-10(8-14)15(2)6-5-11-3-4-12-13(7-11)17-9-16-12/h3-4,7,10H,5-6,9H2,1-2H3. The first kappa shape index (κ1) is 11.7. The average molecular weight is 232 g/mol. The molecule has 4 heteroatoms. The molecule has 2 rings (SSSR count). The van der Waals surface area contributed by atoms with Gasteiger partial charge in [-0.25, -0.2) is 0 Å². The average Bonchev–Trinajstić information content (AvgIpc) is 2.82. The lowest BCUT2D eigenvalue weighted by Crippen LogP contribution is -2.29. The van der Waals surface area contributed by atoms with E-state index in [0.29, 0.717) is 6.79 Å². The predicted molar refractivity (Wildman–Crippen MR) is 64.0 cm³/mol. The molecule has 0 fully saturated rings. The Balaban J connectivity index is 1.94. The summed E-state index contributed by atoms with van der Waals surface area (Å²) in [7, 11) is 1.96. The number of hydrogen-bond acceptors (Lipinski definition) is 4. The van der Waals surface area contributed by atoms with Gasteiger partial charge in [0.25, 0.3) is 0 Å². The zero-order valence-corrected chi connectivity index (χ0v) is 10.1. The summed E-state index contributed by atoms with van der Waals surface area (Å²) < 4.78 is 10.6. The van der Waals surface area contributed by atoms with Gasteiger partial charge in [0, 0.05) is 6.54 Å². The van der Waals surface area contributed by atoms with Gasteiger partial charge >= 0.3 is 0 Å². The van der Waals surface area contributed by atoms with Crippen molar-refractivity contribution in [3.05, 3.63) is 23.8 Å². The van der Waals surface area contributed by atoms with Crippen LogP contribution in [0.1, 0.15) is 12.5 Å². The Kier molecular flexibility index (Phi) is 3.50. The normalized spacial score (nSPS) is 14.7. The molecule has 0 saturated heterocycles. The molecule has 1 aliphatic rings. The monoisotopic (exact) mass is 232 g/mol. The lowest BCUT2D eigenvalue weighted by atomic mass is 10.1. The fourth-order valence-electron chi connectivity index (χ4n) is 1.69. The third kappa shape index (κ3) is 2.69. The van der Waals surface area contributed by atoms with Gasteiger partial charge in [0.2, 0.25) is 6.79 Å². The molecule has 4 nitrogen and oxygen atoms in total. The van der Waals surface area contributed by atoms with Gasteiger partial charge in [-0.05, 0) is 38.1 Å². The van der Waals surface area contributed by atoms with E-state index >= 15 is 0 Å². The molecule has 17 heavy (non-hydrogen) atoms. The summed E-state index contributed by atoms with van der Waals surface area (Å²) in [5.74, 6) is 1.63. The number of nitrogens with zero attached hydrogens (tertiary/aromatic N) is 2. The van der Waals surface area contributed by atoms with E-state index in [1.54, 1.807) is 0 Å². The molecule has 1 aliphatic heterocycles. The van der Waals surface area contributed by atoms with Gasteiger partial charge in [0.15, 0.2) is 11.5 Å². The molecule has 0 radical (unpaired) electrons. The van der Waals surface area contributed by atoms with Gasteiger partial charge in [-0.1, -0.05) is 6.07 Å². The SMILES string of the molecule is CC(C#N)N(C)CCc1ccc2c(c1)OCO2. The quantitative estimate of drug-likeness (QED) is 0.794. The number of nitriles is 1. The van der Waals surface area contributed by atoms with Gasteiger partial charge < -0.3 is 9.47 Å². The van der Waals surface area contributed by atoms with Crippen LogP contribution in [0.5, 0.6) is 11.5 Å². The van der Waals surface area contributed by atoms with Crippen molar-refractivity contribution in [3.63, 3.8) is 0 Å². The minimum absolute atomic E-state index is 0.0518. The van der Waals surface area contributed by atoms with Crippen LogP contribution in [0.25, 0.3) is 0 Å². The lowest BCUT2D eigenvalue weighted by Gasteiger charge is -2.18. The van der Waals surface area contributed by atoms with Gasteiger partial charge in [0.1, 0.15) is 0 Å². The van der Waals surface area contributed by atoms with Crippen molar-refractivity contribution in [3.8, 4) is 17.6 Å². The molecule has 0 saturated carbocycles. The summed E-state index contributed by atoms with van der Waals surface area (Å²) in [5, 5.41) is 8.80. The van der Waals surface area contributed by atoms with E-state index in [0.717, 1.165) is 24.5 Å². The van der Waals surface area contributed by atoms with E-state index in [-0.39, 0.29) is 6.04 Å². The van der Waals surface area contributed by atoms with Crippen LogP contribution in [0, 0.1) is 11.3 Å². The van der Waals surface area contributed by atoms with Crippen molar-refractivity contribution in [2.75, 3.05) is 20.4 Å². The van der Waals surface area contributed by atoms with E-state index < -0.39 is 0 Å². The predicted octanol–water partition coefficient (Wildman–Crippen LogP) is 1.80. The number of likely N-dealkylation sites (N-methyl/N-ethyl adjacent to an activating group) is 1. The summed E-state index contributed by atoms with van der Waals surface area (Å²) in [6.07, 6.45) is 0.902. The topological polar surface area (TPSA) is 45.5 Å². The molecule has 0 aliphatic carbocycles. The summed E-state index contributed by atoms with van der Waals surface area (Å²) in [6.45, 7) is 3.07. The van der Waals surface area contributed by atoms with Crippen molar-refractivity contribution in [1.29, 1.82) is 5.26 Å². The molecule has 0 N–H and O–H groups in total. The van der Waals surface area contributed by atoms with Crippen molar-refractivity contribution >= 4 is 0 Å². The molecule has 1 heterocycles. The molecule has 1 unspecified atom stereocenters. The molecule has 1 aromatic carbocycles. The molecule has 0 amide bonds.